The van der Waals surface area contributed by atoms with E-state index in [1.54, 1.807) is 18.5 Å². The predicted molar refractivity (Wildman–Crippen MR) is 95.2 cm³/mol. The molecule has 1 amide bonds. The number of carbonyl (C=O) groups excluding carboxylic acids is 1. The van der Waals surface area contributed by atoms with E-state index < -0.39 is 0 Å². The number of aromatic amines is 1. The van der Waals surface area contributed by atoms with Crippen molar-refractivity contribution in [2.24, 2.45) is 0 Å². The zero-order chi connectivity index (χ0) is 17.2. The van der Waals surface area contributed by atoms with Crippen LogP contribution < -0.4 is 4.90 Å². The number of nitrogens with one attached hydrogen (secondary N) is 1. The van der Waals surface area contributed by atoms with Crippen LogP contribution in [0.1, 0.15) is 16.8 Å². The van der Waals surface area contributed by atoms with E-state index in [1.807, 2.05) is 23.1 Å². The summed E-state index contributed by atoms with van der Waals surface area (Å²) in [6.07, 6.45) is 2.51. The molecule has 1 aliphatic rings. The third-order valence-corrected chi connectivity index (χ3v) is 4.64. The van der Waals surface area contributed by atoms with Crippen LogP contribution in [0.4, 0.5) is 10.1 Å². The van der Waals surface area contributed by atoms with E-state index in [-0.39, 0.29) is 11.7 Å². The molecular formula is C19H19FN4O. The van der Waals surface area contributed by atoms with Gasteiger partial charge in [-0.25, -0.2) is 9.37 Å². The van der Waals surface area contributed by atoms with Gasteiger partial charge in [-0.05, 0) is 48.9 Å². The van der Waals surface area contributed by atoms with Gasteiger partial charge in [0.1, 0.15) is 5.82 Å². The van der Waals surface area contributed by atoms with Gasteiger partial charge in [0.15, 0.2) is 0 Å². The lowest BCUT2D eigenvalue weighted by atomic mass is 10.1. The van der Waals surface area contributed by atoms with Gasteiger partial charge in [-0.2, -0.15) is 0 Å². The quantitative estimate of drug-likeness (QED) is 0.781. The van der Waals surface area contributed by atoms with Crippen molar-refractivity contribution in [1.82, 2.24) is 14.9 Å². The van der Waals surface area contributed by atoms with Gasteiger partial charge in [-0.15, -0.1) is 0 Å². The summed E-state index contributed by atoms with van der Waals surface area (Å²) in [6, 6.07) is 12.1. The molecule has 0 atom stereocenters. The summed E-state index contributed by atoms with van der Waals surface area (Å²) in [7, 11) is 0. The highest BCUT2D eigenvalue weighted by Crippen LogP contribution is 2.19. The lowest BCUT2D eigenvalue weighted by Crippen LogP contribution is -2.35. The number of hydrogen-bond donors (Lipinski definition) is 1. The second-order valence-corrected chi connectivity index (χ2v) is 6.24. The van der Waals surface area contributed by atoms with Crippen molar-refractivity contribution >= 4 is 22.6 Å². The van der Waals surface area contributed by atoms with Crippen molar-refractivity contribution in [3.05, 3.63) is 60.2 Å². The summed E-state index contributed by atoms with van der Waals surface area (Å²) < 4.78 is 13.1. The van der Waals surface area contributed by atoms with Crippen molar-refractivity contribution in [3.8, 4) is 0 Å². The molecule has 3 aromatic rings. The minimum absolute atomic E-state index is 0.0393. The second kappa shape index (κ2) is 6.55. The number of nitrogens with zero attached hydrogens (tertiary/aromatic N) is 3. The van der Waals surface area contributed by atoms with Crippen LogP contribution in [0.5, 0.6) is 0 Å². The Morgan fingerprint density at radius 2 is 1.88 bits per heavy atom. The average Bonchev–Trinajstić information content (AvgIpc) is 2.97. The van der Waals surface area contributed by atoms with Gasteiger partial charge in [0.25, 0.3) is 5.91 Å². The maximum atomic E-state index is 13.1. The summed E-state index contributed by atoms with van der Waals surface area (Å²) in [4.78, 5) is 24.1. The number of imidazole rings is 1. The number of amides is 1. The normalized spacial score (nSPS) is 15.4. The van der Waals surface area contributed by atoms with E-state index in [2.05, 4.69) is 14.9 Å². The van der Waals surface area contributed by atoms with Gasteiger partial charge >= 0.3 is 0 Å². The van der Waals surface area contributed by atoms with E-state index in [0.29, 0.717) is 12.1 Å². The van der Waals surface area contributed by atoms with Gasteiger partial charge in [-0.3, -0.25) is 4.79 Å². The first kappa shape index (κ1) is 15.6. The molecule has 2 heterocycles. The molecular weight excluding hydrogens is 319 g/mol. The van der Waals surface area contributed by atoms with Gasteiger partial charge in [0.2, 0.25) is 0 Å². The fourth-order valence-electron chi connectivity index (χ4n) is 3.28. The number of anilines is 1. The first-order valence-electron chi connectivity index (χ1n) is 8.44. The van der Waals surface area contributed by atoms with Crippen LogP contribution in [0.3, 0.4) is 0 Å². The Balaban J connectivity index is 1.48. The molecule has 1 aliphatic heterocycles. The summed E-state index contributed by atoms with van der Waals surface area (Å²) in [5.74, 6) is -0.193. The number of carbonyl (C=O) groups is 1. The molecule has 2 aromatic carbocycles. The van der Waals surface area contributed by atoms with Crippen LogP contribution in [0.2, 0.25) is 0 Å². The zero-order valence-corrected chi connectivity index (χ0v) is 13.8. The summed E-state index contributed by atoms with van der Waals surface area (Å²) in [6.45, 7) is 2.97. The Labute approximate surface area is 145 Å². The Morgan fingerprint density at radius 1 is 1.04 bits per heavy atom. The SMILES string of the molecule is O=C(c1ccc2nc[nH]c2c1)N1CCCN(c2ccc(F)cc2)CC1. The topological polar surface area (TPSA) is 52.2 Å². The van der Waals surface area contributed by atoms with E-state index in [4.69, 9.17) is 0 Å². The second-order valence-electron chi connectivity index (χ2n) is 6.24. The van der Waals surface area contributed by atoms with Crippen LogP contribution in [0.25, 0.3) is 11.0 Å². The monoisotopic (exact) mass is 338 g/mol. The summed E-state index contributed by atoms with van der Waals surface area (Å²) >= 11 is 0. The molecule has 25 heavy (non-hydrogen) atoms. The van der Waals surface area contributed by atoms with E-state index in [9.17, 15) is 9.18 Å². The predicted octanol–water partition coefficient (Wildman–Crippen LogP) is 3.05. The molecule has 1 saturated heterocycles. The smallest absolute Gasteiger partial charge is 0.253 e. The number of H-pyrrole nitrogens is 1. The first-order valence-corrected chi connectivity index (χ1v) is 8.44. The van der Waals surface area contributed by atoms with Crippen LogP contribution in [0.15, 0.2) is 48.8 Å². The van der Waals surface area contributed by atoms with E-state index in [1.165, 1.54) is 12.1 Å². The molecule has 0 aliphatic carbocycles. The summed E-state index contributed by atoms with van der Waals surface area (Å²) in [5.41, 5.74) is 3.39. The van der Waals surface area contributed by atoms with Crippen molar-refractivity contribution in [1.29, 1.82) is 0 Å². The lowest BCUT2D eigenvalue weighted by Gasteiger charge is -2.23. The molecule has 128 valence electrons. The Hall–Kier alpha value is -2.89. The minimum Gasteiger partial charge on any atom is -0.370 e. The van der Waals surface area contributed by atoms with Crippen molar-refractivity contribution in [2.75, 3.05) is 31.1 Å². The van der Waals surface area contributed by atoms with Gasteiger partial charge in [0, 0.05) is 37.4 Å². The van der Waals surface area contributed by atoms with Crippen LogP contribution in [-0.4, -0.2) is 47.0 Å². The van der Waals surface area contributed by atoms with Gasteiger partial charge < -0.3 is 14.8 Å². The number of rotatable bonds is 2. The summed E-state index contributed by atoms with van der Waals surface area (Å²) in [5, 5.41) is 0. The number of benzene rings is 2. The Morgan fingerprint density at radius 3 is 2.72 bits per heavy atom. The number of fused-ring (bicyclic) bond motifs is 1. The molecule has 1 aromatic heterocycles. The molecule has 1 N–H and O–H groups in total. The first-order chi connectivity index (χ1) is 12.2. The fourth-order valence-corrected chi connectivity index (χ4v) is 3.28. The highest BCUT2D eigenvalue weighted by atomic mass is 19.1. The van der Waals surface area contributed by atoms with Crippen LogP contribution in [-0.2, 0) is 0 Å². The standard InChI is InChI=1S/C19H19FN4O/c20-15-3-5-16(6-4-15)23-8-1-9-24(11-10-23)19(25)14-2-7-17-18(12-14)22-13-21-17/h2-7,12-13H,1,8-11H2,(H,21,22). The molecule has 4 rings (SSSR count). The average molecular weight is 338 g/mol. The molecule has 0 radical (unpaired) electrons. The highest BCUT2D eigenvalue weighted by molar-refractivity contribution is 5.97. The molecule has 0 spiro atoms. The zero-order valence-electron chi connectivity index (χ0n) is 13.8. The molecule has 0 saturated carbocycles. The lowest BCUT2D eigenvalue weighted by molar-refractivity contribution is 0.0767. The maximum Gasteiger partial charge on any atom is 0.253 e. The Kier molecular flexibility index (Phi) is 4.09. The molecule has 6 heteroatoms. The molecule has 5 nitrogen and oxygen atoms in total. The van der Waals surface area contributed by atoms with Crippen molar-refractivity contribution in [2.45, 2.75) is 6.42 Å². The number of halogens is 1. The number of hydrogen-bond acceptors (Lipinski definition) is 3. The maximum absolute atomic E-state index is 13.1. The van der Waals surface area contributed by atoms with Crippen molar-refractivity contribution < 1.29 is 9.18 Å². The molecule has 1 fully saturated rings. The van der Waals surface area contributed by atoms with Crippen molar-refractivity contribution in [3.63, 3.8) is 0 Å². The van der Waals surface area contributed by atoms with E-state index >= 15 is 0 Å². The minimum atomic E-state index is -0.232. The highest BCUT2D eigenvalue weighted by Gasteiger charge is 2.21. The van der Waals surface area contributed by atoms with Gasteiger partial charge in [-0.1, -0.05) is 0 Å². The van der Waals surface area contributed by atoms with E-state index in [0.717, 1.165) is 42.8 Å². The van der Waals surface area contributed by atoms with Gasteiger partial charge in [0.05, 0.1) is 17.4 Å². The third kappa shape index (κ3) is 3.20. The number of aromatic nitrogens is 2. The molecule has 0 bridgehead atoms. The Bertz CT molecular complexity index is 890. The third-order valence-electron chi connectivity index (χ3n) is 4.64. The largest absolute Gasteiger partial charge is 0.370 e. The van der Waals surface area contributed by atoms with Crippen LogP contribution in [0, 0.1) is 5.82 Å². The fraction of sp³-hybridized carbons (Fsp3) is 0.263. The molecule has 0 unspecified atom stereocenters. The van der Waals surface area contributed by atoms with Crippen LogP contribution >= 0.6 is 0 Å².